The number of nitrogen functional groups attached to an aromatic ring is 1. The van der Waals surface area contributed by atoms with E-state index in [-0.39, 0.29) is 17.7 Å². The summed E-state index contributed by atoms with van der Waals surface area (Å²) in [6, 6.07) is 18.1. The molecule has 32 heavy (non-hydrogen) atoms. The van der Waals surface area contributed by atoms with Crippen molar-refractivity contribution in [3.63, 3.8) is 0 Å². The Hall–Kier alpha value is -3.42. The summed E-state index contributed by atoms with van der Waals surface area (Å²) < 4.78 is 0. The highest BCUT2D eigenvalue weighted by Crippen LogP contribution is 2.19. The molecule has 2 aromatic carbocycles. The van der Waals surface area contributed by atoms with Gasteiger partial charge in [-0.3, -0.25) is 4.79 Å². The average molecular weight is 435 g/mol. The Kier molecular flexibility index (Phi) is 7.81. The zero-order valence-electron chi connectivity index (χ0n) is 18.4. The Morgan fingerprint density at radius 3 is 2.66 bits per heavy atom. The smallest absolute Gasteiger partial charge is 0.253 e. The number of phenolic OH excluding ortho intramolecular Hbond substituents is 1. The second kappa shape index (κ2) is 10.7. The van der Waals surface area contributed by atoms with E-state index in [0.29, 0.717) is 42.0 Å². The van der Waals surface area contributed by atoms with Crippen molar-refractivity contribution in [2.24, 2.45) is 0 Å². The van der Waals surface area contributed by atoms with Crippen LogP contribution in [0.15, 0.2) is 66.9 Å². The maximum absolute atomic E-state index is 12.9. The van der Waals surface area contributed by atoms with Gasteiger partial charge in [-0.25, -0.2) is 4.98 Å². The largest absolute Gasteiger partial charge is 0.508 e. The fraction of sp³-hybridized carbons (Fsp3) is 0.280. The van der Waals surface area contributed by atoms with Crippen molar-refractivity contribution in [2.75, 3.05) is 19.3 Å². The number of aliphatic hydroxyl groups is 1. The minimum atomic E-state index is -0.679. The highest BCUT2D eigenvalue weighted by Gasteiger charge is 2.15. The Balaban J connectivity index is 1.56. The quantitative estimate of drug-likeness (QED) is 0.412. The highest BCUT2D eigenvalue weighted by molar-refractivity contribution is 5.94. The number of aliphatic hydroxyl groups excluding tert-OH is 1. The standard InChI is InChI=1S/C25H30N4O3/c1-17(27-15-23(31)20-10-11-24(26)28-14-20)12-18-6-5-8-19(13-18)25(32)29(2)16-21-7-3-4-9-22(21)30/h3-11,13-14,17,23,27,30-31H,12,15-16H2,1-2H3,(H2,26,28)/t17-,23-/m1/s1. The first-order valence-electron chi connectivity index (χ1n) is 10.6. The maximum Gasteiger partial charge on any atom is 0.253 e. The molecule has 0 saturated carbocycles. The minimum absolute atomic E-state index is 0.0933. The molecule has 1 heterocycles. The van der Waals surface area contributed by atoms with Crippen LogP contribution in [0.25, 0.3) is 0 Å². The monoisotopic (exact) mass is 434 g/mol. The number of anilines is 1. The number of rotatable bonds is 9. The van der Waals surface area contributed by atoms with Crippen LogP contribution < -0.4 is 11.1 Å². The second-order valence-electron chi connectivity index (χ2n) is 8.04. The van der Waals surface area contributed by atoms with Gasteiger partial charge in [-0.2, -0.15) is 0 Å². The van der Waals surface area contributed by atoms with E-state index < -0.39 is 6.10 Å². The molecule has 3 rings (SSSR count). The Morgan fingerprint density at radius 1 is 1.16 bits per heavy atom. The van der Waals surface area contributed by atoms with Crippen molar-refractivity contribution in [3.8, 4) is 5.75 Å². The summed E-state index contributed by atoms with van der Waals surface area (Å²) in [4.78, 5) is 18.5. The van der Waals surface area contributed by atoms with Crippen molar-refractivity contribution in [2.45, 2.75) is 32.0 Å². The maximum atomic E-state index is 12.9. The number of benzene rings is 2. The van der Waals surface area contributed by atoms with E-state index in [4.69, 9.17) is 5.73 Å². The zero-order valence-corrected chi connectivity index (χ0v) is 18.4. The molecule has 0 radical (unpaired) electrons. The summed E-state index contributed by atoms with van der Waals surface area (Å²) in [5.74, 6) is 0.489. The Labute approximate surface area is 188 Å². The number of aromatic hydroxyl groups is 1. The summed E-state index contributed by atoms with van der Waals surface area (Å²) >= 11 is 0. The number of carbonyl (C=O) groups excluding carboxylic acids is 1. The number of carbonyl (C=O) groups is 1. The van der Waals surface area contributed by atoms with Crippen molar-refractivity contribution in [3.05, 3.63) is 89.1 Å². The molecule has 7 nitrogen and oxygen atoms in total. The number of hydrogen-bond donors (Lipinski definition) is 4. The molecule has 168 valence electrons. The molecule has 1 aromatic heterocycles. The normalized spacial score (nSPS) is 12.8. The lowest BCUT2D eigenvalue weighted by Crippen LogP contribution is -2.32. The summed E-state index contributed by atoms with van der Waals surface area (Å²) in [5.41, 5.74) is 8.62. The van der Waals surface area contributed by atoms with Crippen molar-refractivity contribution in [1.82, 2.24) is 15.2 Å². The average Bonchev–Trinajstić information content (AvgIpc) is 2.79. The van der Waals surface area contributed by atoms with Gasteiger partial charge < -0.3 is 26.2 Å². The van der Waals surface area contributed by atoms with Gasteiger partial charge in [-0.1, -0.05) is 36.4 Å². The fourth-order valence-electron chi connectivity index (χ4n) is 3.49. The third-order valence-electron chi connectivity index (χ3n) is 5.32. The molecule has 3 aromatic rings. The van der Waals surface area contributed by atoms with Crippen LogP contribution >= 0.6 is 0 Å². The second-order valence-corrected chi connectivity index (χ2v) is 8.04. The summed E-state index contributed by atoms with van der Waals surface area (Å²) in [5, 5.41) is 23.6. The predicted octanol–water partition coefficient (Wildman–Crippen LogP) is 2.90. The van der Waals surface area contributed by atoms with E-state index in [1.54, 1.807) is 54.5 Å². The number of phenols is 1. The third-order valence-corrected chi connectivity index (χ3v) is 5.32. The Bertz CT molecular complexity index is 1040. The summed E-state index contributed by atoms with van der Waals surface area (Å²) in [6.07, 6.45) is 1.60. The molecular weight excluding hydrogens is 404 g/mol. The SMILES string of the molecule is C[C@H](Cc1cccc(C(=O)N(C)Cc2ccccc2O)c1)NC[C@@H](O)c1ccc(N)nc1. The molecule has 0 saturated heterocycles. The lowest BCUT2D eigenvalue weighted by Gasteiger charge is -2.20. The molecule has 0 unspecified atom stereocenters. The number of amides is 1. The molecule has 5 N–H and O–H groups in total. The summed E-state index contributed by atoms with van der Waals surface area (Å²) in [6.45, 7) is 2.74. The number of aromatic nitrogens is 1. The van der Waals surface area contributed by atoms with E-state index in [1.165, 1.54) is 0 Å². The van der Waals surface area contributed by atoms with Crippen LogP contribution in [0.3, 0.4) is 0 Å². The molecule has 0 fully saturated rings. The minimum Gasteiger partial charge on any atom is -0.508 e. The number of para-hydroxylation sites is 1. The van der Waals surface area contributed by atoms with E-state index >= 15 is 0 Å². The zero-order chi connectivity index (χ0) is 23.1. The van der Waals surface area contributed by atoms with E-state index in [9.17, 15) is 15.0 Å². The number of hydrogen-bond acceptors (Lipinski definition) is 6. The van der Waals surface area contributed by atoms with Crippen LogP contribution in [-0.4, -0.2) is 45.6 Å². The van der Waals surface area contributed by atoms with Gasteiger partial charge in [0.2, 0.25) is 0 Å². The molecule has 2 atom stereocenters. The van der Waals surface area contributed by atoms with Crippen LogP contribution in [0.5, 0.6) is 5.75 Å². The van der Waals surface area contributed by atoms with Gasteiger partial charge >= 0.3 is 0 Å². The van der Waals surface area contributed by atoms with Crippen molar-refractivity contribution >= 4 is 11.7 Å². The van der Waals surface area contributed by atoms with Gasteiger partial charge in [-0.05, 0) is 43.2 Å². The lowest BCUT2D eigenvalue weighted by molar-refractivity contribution is 0.0784. The number of nitrogens with two attached hydrogens (primary N) is 1. The van der Waals surface area contributed by atoms with Crippen molar-refractivity contribution < 1.29 is 15.0 Å². The number of nitrogens with zero attached hydrogens (tertiary/aromatic N) is 2. The molecule has 0 bridgehead atoms. The highest BCUT2D eigenvalue weighted by atomic mass is 16.3. The van der Waals surface area contributed by atoms with Crippen LogP contribution in [0.1, 0.15) is 40.1 Å². The molecule has 0 spiro atoms. The van der Waals surface area contributed by atoms with Crippen LogP contribution in [0.2, 0.25) is 0 Å². The van der Waals surface area contributed by atoms with Crippen LogP contribution in [0.4, 0.5) is 5.82 Å². The van der Waals surface area contributed by atoms with E-state index in [0.717, 1.165) is 5.56 Å². The molecular formula is C25H30N4O3. The predicted molar refractivity (Wildman–Crippen MR) is 125 cm³/mol. The van der Waals surface area contributed by atoms with Gasteiger partial charge in [0.05, 0.1) is 6.10 Å². The molecule has 0 aliphatic heterocycles. The van der Waals surface area contributed by atoms with Gasteiger partial charge in [0.1, 0.15) is 11.6 Å². The van der Waals surface area contributed by atoms with Gasteiger partial charge in [-0.15, -0.1) is 0 Å². The molecule has 0 aliphatic rings. The third kappa shape index (κ3) is 6.29. The first kappa shape index (κ1) is 23.2. The first-order chi connectivity index (χ1) is 15.3. The molecule has 1 amide bonds. The van der Waals surface area contributed by atoms with Crippen LogP contribution in [0, 0.1) is 0 Å². The topological polar surface area (TPSA) is 112 Å². The number of nitrogens with one attached hydrogen (secondary N) is 1. The van der Waals surface area contributed by atoms with E-state index in [1.807, 2.05) is 31.2 Å². The van der Waals surface area contributed by atoms with Gasteiger partial charge in [0, 0.05) is 49.1 Å². The summed E-state index contributed by atoms with van der Waals surface area (Å²) in [7, 11) is 1.72. The molecule has 7 heteroatoms. The Morgan fingerprint density at radius 2 is 1.94 bits per heavy atom. The van der Waals surface area contributed by atoms with E-state index in [2.05, 4.69) is 10.3 Å². The fourth-order valence-corrected chi connectivity index (χ4v) is 3.49. The van der Waals surface area contributed by atoms with Crippen LogP contribution in [-0.2, 0) is 13.0 Å². The van der Waals surface area contributed by atoms with Gasteiger partial charge in [0.15, 0.2) is 0 Å². The molecule has 0 aliphatic carbocycles. The first-order valence-corrected chi connectivity index (χ1v) is 10.6. The van der Waals surface area contributed by atoms with Crippen molar-refractivity contribution in [1.29, 1.82) is 0 Å². The number of pyridine rings is 1. The lowest BCUT2D eigenvalue weighted by atomic mass is 10.0. The van der Waals surface area contributed by atoms with Gasteiger partial charge in [0.25, 0.3) is 5.91 Å².